The Morgan fingerprint density at radius 3 is 2.54 bits per heavy atom. The van der Waals surface area contributed by atoms with Crippen molar-refractivity contribution in [2.75, 3.05) is 10.6 Å². The molecule has 0 bridgehead atoms. The van der Waals surface area contributed by atoms with Crippen molar-refractivity contribution in [3.8, 4) is 0 Å². The Morgan fingerprint density at radius 2 is 1.79 bits per heavy atom. The van der Waals surface area contributed by atoms with Crippen LogP contribution in [0.15, 0.2) is 71.3 Å². The predicted molar refractivity (Wildman–Crippen MR) is 96.0 cm³/mol. The van der Waals surface area contributed by atoms with E-state index in [-0.39, 0.29) is 11.7 Å². The Labute approximate surface area is 146 Å². The summed E-state index contributed by atoms with van der Waals surface area (Å²) in [6.45, 7) is 0. The number of para-hydroxylation sites is 1. The third-order valence-electron chi connectivity index (χ3n) is 3.26. The smallest absolute Gasteiger partial charge is 0.255 e. The lowest BCUT2D eigenvalue weighted by Crippen LogP contribution is -2.12. The highest BCUT2D eigenvalue weighted by atomic mass is 79.9. The highest BCUT2D eigenvalue weighted by Crippen LogP contribution is 2.22. The van der Waals surface area contributed by atoms with Crippen molar-refractivity contribution in [2.45, 2.75) is 0 Å². The summed E-state index contributed by atoms with van der Waals surface area (Å²) in [7, 11) is 0. The molecule has 24 heavy (non-hydrogen) atoms. The third kappa shape index (κ3) is 3.97. The molecule has 0 saturated carbocycles. The van der Waals surface area contributed by atoms with Crippen LogP contribution in [0.25, 0.3) is 0 Å². The number of hydrogen-bond donors (Lipinski definition) is 2. The summed E-state index contributed by atoms with van der Waals surface area (Å²) in [6, 6.07) is 16.5. The van der Waals surface area contributed by atoms with E-state index in [1.807, 2.05) is 18.2 Å². The normalized spacial score (nSPS) is 10.2. The number of carbonyl (C=O) groups is 1. The minimum atomic E-state index is -0.310. The van der Waals surface area contributed by atoms with Crippen molar-refractivity contribution in [1.82, 2.24) is 4.98 Å². The largest absolute Gasteiger partial charge is 0.340 e. The summed E-state index contributed by atoms with van der Waals surface area (Å²) < 4.78 is 13.7. The first kappa shape index (κ1) is 16.1. The van der Waals surface area contributed by atoms with Gasteiger partial charge < -0.3 is 10.6 Å². The minimum absolute atomic E-state index is 0.244. The summed E-state index contributed by atoms with van der Waals surface area (Å²) in [5.41, 5.74) is 1.84. The Hall–Kier alpha value is -2.73. The van der Waals surface area contributed by atoms with E-state index in [9.17, 15) is 9.18 Å². The number of hydrogen-bond acceptors (Lipinski definition) is 3. The monoisotopic (exact) mass is 385 g/mol. The summed E-state index contributed by atoms with van der Waals surface area (Å²) in [6.07, 6.45) is 1.54. The number of benzene rings is 2. The van der Waals surface area contributed by atoms with Crippen molar-refractivity contribution in [2.24, 2.45) is 0 Å². The van der Waals surface area contributed by atoms with Gasteiger partial charge in [0.1, 0.15) is 11.6 Å². The van der Waals surface area contributed by atoms with E-state index >= 15 is 0 Å². The number of amides is 1. The van der Waals surface area contributed by atoms with Crippen LogP contribution in [-0.4, -0.2) is 10.9 Å². The molecular weight excluding hydrogens is 373 g/mol. The maximum atomic E-state index is 12.9. The van der Waals surface area contributed by atoms with Gasteiger partial charge in [-0.1, -0.05) is 12.1 Å². The highest BCUT2D eigenvalue weighted by molar-refractivity contribution is 9.10. The van der Waals surface area contributed by atoms with E-state index in [1.54, 1.807) is 36.5 Å². The lowest BCUT2D eigenvalue weighted by atomic mass is 10.2. The van der Waals surface area contributed by atoms with Crippen LogP contribution >= 0.6 is 15.9 Å². The molecule has 4 nitrogen and oxygen atoms in total. The molecule has 3 aromatic rings. The number of nitrogens with zero attached hydrogens (tertiary/aromatic N) is 1. The van der Waals surface area contributed by atoms with Gasteiger partial charge in [-0.15, -0.1) is 0 Å². The van der Waals surface area contributed by atoms with Crippen LogP contribution in [0.1, 0.15) is 10.4 Å². The molecular formula is C18H13BrFN3O. The zero-order valence-electron chi connectivity index (χ0n) is 12.5. The molecule has 0 aliphatic rings. The first-order valence-corrected chi connectivity index (χ1v) is 7.95. The van der Waals surface area contributed by atoms with E-state index < -0.39 is 0 Å². The SMILES string of the molecule is O=C(Nc1ccccc1Br)c1ccnc(Nc2ccc(F)cc2)c1. The van der Waals surface area contributed by atoms with Crippen LogP contribution in [0.2, 0.25) is 0 Å². The molecule has 3 rings (SSSR count). The van der Waals surface area contributed by atoms with E-state index in [2.05, 4.69) is 31.5 Å². The lowest BCUT2D eigenvalue weighted by molar-refractivity contribution is 0.102. The number of carbonyl (C=O) groups excluding carboxylic acids is 1. The Kier molecular flexibility index (Phi) is 4.86. The zero-order valence-corrected chi connectivity index (χ0v) is 14.0. The predicted octanol–water partition coefficient (Wildman–Crippen LogP) is 4.98. The number of nitrogens with one attached hydrogen (secondary N) is 2. The standard InChI is InChI=1S/C18H13BrFN3O/c19-15-3-1-2-4-16(15)23-18(24)12-9-10-21-17(11-12)22-14-7-5-13(20)6-8-14/h1-11H,(H,21,22)(H,23,24). The molecule has 1 aromatic heterocycles. The fraction of sp³-hybridized carbons (Fsp3) is 0. The van der Waals surface area contributed by atoms with Crippen molar-refractivity contribution < 1.29 is 9.18 Å². The molecule has 120 valence electrons. The van der Waals surface area contributed by atoms with Crippen molar-refractivity contribution in [1.29, 1.82) is 0 Å². The van der Waals surface area contributed by atoms with Gasteiger partial charge in [-0.25, -0.2) is 9.37 Å². The van der Waals surface area contributed by atoms with Gasteiger partial charge in [0.05, 0.1) is 5.69 Å². The minimum Gasteiger partial charge on any atom is -0.340 e. The number of pyridine rings is 1. The van der Waals surface area contributed by atoms with Crippen LogP contribution in [0.3, 0.4) is 0 Å². The number of halogens is 2. The van der Waals surface area contributed by atoms with E-state index in [0.717, 1.165) is 4.47 Å². The quantitative estimate of drug-likeness (QED) is 0.665. The van der Waals surface area contributed by atoms with Gasteiger partial charge in [-0.2, -0.15) is 0 Å². The molecule has 0 aliphatic carbocycles. The molecule has 2 aromatic carbocycles. The lowest BCUT2D eigenvalue weighted by Gasteiger charge is -2.09. The maximum Gasteiger partial charge on any atom is 0.255 e. The van der Waals surface area contributed by atoms with Crippen molar-refractivity contribution in [3.63, 3.8) is 0 Å². The number of aromatic nitrogens is 1. The van der Waals surface area contributed by atoms with Gasteiger partial charge in [0.15, 0.2) is 0 Å². The second-order valence-electron chi connectivity index (χ2n) is 5.00. The van der Waals surface area contributed by atoms with Gasteiger partial charge in [-0.05, 0) is 64.5 Å². The maximum absolute atomic E-state index is 12.9. The summed E-state index contributed by atoms with van der Waals surface area (Å²) in [4.78, 5) is 16.5. The Bertz CT molecular complexity index is 868. The number of rotatable bonds is 4. The van der Waals surface area contributed by atoms with Gasteiger partial charge in [0, 0.05) is 21.9 Å². The zero-order chi connectivity index (χ0) is 16.9. The van der Waals surface area contributed by atoms with E-state index in [1.165, 1.54) is 12.1 Å². The van der Waals surface area contributed by atoms with Gasteiger partial charge in [0.25, 0.3) is 5.91 Å². The summed E-state index contributed by atoms with van der Waals surface area (Å²) >= 11 is 3.39. The van der Waals surface area contributed by atoms with Crippen LogP contribution in [0.4, 0.5) is 21.6 Å². The molecule has 0 spiro atoms. The molecule has 0 fully saturated rings. The fourth-order valence-corrected chi connectivity index (χ4v) is 2.46. The summed E-state index contributed by atoms with van der Waals surface area (Å²) in [5.74, 6) is -0.0529. The molecule has 0 radical (unpaired) electrons. The second kappa shape index (κ2) is 7.23. The topological polar surface area (TPSA) is 54.0 Å². The highest BCUT2D eigenvalue weighted by Gasteiger charge is 2.09. The molecule has 0 atom stereocenters. The molecule has 0 saturated heterocycles. The van der Waals surface area contributed by atoms with Crippen LogP contribution in [-0.2, 0) is 0 Å². The Morgan fingerprint density at radius 1 is 1.04 bits per heavy atom. The Balaban J connectivity index is 1.76. The number of anilines is 3. The molecule has 2 N–H and O–H groups in total. The average molecular weight is 386 g/mol. The van der Waals surface area contributed by atoms with E-state index in [0.29, 0.717) is 22.8 Å². The van der Waals surface area contributed by atoms with Crippen LogP contribution in [0, 0.1) is 5.82 Å². The van der Waals surface area contributed by atoms with Crippen molar-refractivity contribution in [3.05, 3.63) is 82.7 Å². The average Bonchev–Trinajstić information content (AvgIpc) is 2.59. The van der Waals surface area contributed by atoms with Crippen LogP contribution < -0.4 is 10.6 Å². The fourth-order valence-electron chi connectivity index (χ4n) is 2.08. The first-order chi connectivity index (χ1) is 11.6. The summed E-state index contributed by atoms with van der Waals surface area (Å²) in [5, 5.41) is 5.87. The van der Waals surface area contributed by atoms with Gasteiger partial charge in [-0.3, -0.25) is 4.79 Å². The molecule has 0 unspecified atom stereocenters. The molecule has 1 heterocycles. The van der Waals surface area contributed by atoms with Crippen LogP contribution in [0.5, 0.6) is 0 Å². The van der Waals surface area contributed by atoms with Crippen molar-refractivity contribution >= 4 is 39.0 Å². The molecule has 0 aliphatic heterocycles. The van der Waals surface area contributed by atoms with Gasteiger partial charge in [0.2, 0.25) is 0 Å². The molecule has 1 amide bonds. The second-order valence-corrected chi connectivity index (χ2v) is 5.85. The first-order valence-electron chi connectivity index (χ1n) is 7.16. The van der Waals surface area contributed by atoms with E-state index in [4.69, 9.17) is 0 Å². The third-order valence-corrected chi connectivity index (χ3v) is 3.95. The molecule has 6 heteroatoms. The van der Waals surface area contributed by atoms with Gasteiger partial charge >= 0.3 is 0 Å².